The van der Waals surface area contributed by atoms with Crippen LogP contribution in [0, 0.1) is 5.92 Å². The molecule has 21 heavy (non-hydrogen) atoms. The number of rotatable bonds is 8. The van der Waals surface area contributed by atoms with Crippen LogP contribution in [0.25, 0.3) is 0 Å². The highest BCUT2D eigenvalue weighted by Crippen LogP contribution is 2.30. The first-order chi connectivity index (χ1) is 10.3. The van der Waals surface area contributed by atoms with Crippen molar-refractivity contribution in [1.29, 1.82) is 0 Å². The van der Waals surface area contributed by atoms with Gasteiger partial charge in [0.15, 0.2) is 5.13 Å². The van der Waals surface area contributed by atoms with Crippen molar-refractivity contribution in [2.24, 2.45) is 5.92 Å². The number of thiazole rings is 1. The molecule has 1 atom stereocenters. The van der Waals surface area contributed by atoms with E-state index in [-0.39, 0.29) is 0 Å². The lowest BCUT2D eigenvalue weighted by Crippen LogP contribution is -2.37. The van der Waals surface area contributed by atoms with Crippen molar-refractivity contribution < 1.29 is 4.74 Å². The van der Waals surface area contributed by atoms with Crippen LogP contribution in [0.3, 0.4) is 0 Å². The number of ether oxygens (including phenoxy) is 1. The highest BCUT2D eigenvalue weighted by molar-refractivity contribution is 7.15. The second-order valence-corrected chi connectivity index (χ2v) is 6.87. The van der Waals surface area contributed by atoms with Gasteiger partial charge in [-0.1, -0.05) is 20.3 Å². The Labute approximate surface area is 132 Å². The minimum Gasteiger partial charge on any atom is -0.384 e. The zero-order valence-electron chi connectivity index (χ0n) is 13.7. The predicted octanol–water partition coefficient (Wildman–Crippen LogP) is 3.07. The highest BCUT2D eigenvalue weighted by Gasteiger charge is 2.23. The fourth-order valence-electron chi connectivity index (χ4n) is 2.92. The molecule has 4 nitrogen and oxygen atoms in total. The van der Waals surface area contributed by atoms with Crippen LogP contribution in [0.15, 0.2) is 0 Å². The summed E-state index contributed by atoms with van der Waals surface area (Å²) in [7, 11) is 1.80. The van der Waals surface area contributed by atoms with Crippen LogP contribution in [0.1, 0.15) is 43.7 Å². The minimum absolute atomic E-state index is 0.652. The van der Waals surface area contributed by atoms with Crippen molar-refractivity contribution in [3.63, 3.8) is 0 Å². The Morgan fingerprint density at radius 2 is 2.29 bits per heavy atom. The Morgan fingerprint density at radius 3 is 3.00 bits per heavy atom. The van der Waals surface area contributed by atoms with Gasteiger partial charge in [-0.05, 0) is 31.7 Å². The molecule has 2 rings (SSSR count). The molecule has 1 aromatic heterocycles. The van der Waals surface area contributed by atoms with E-state index in [9.17, 15) is 0 Å². The van der Waals surface area contributed by atoms with Gasteiger partial charge in [-0.15, -0.1) is 11.3 Å². The van der Waals surface area contributed by atoms with Gasteiger partial charge in [0.25, 0.3) is 0 Å². The lowest BCUT2D eigenvalue weighted by atomic mass is 9.99. The van der Waals surface area contributed by atoms with E-state index in [4.69, 9.17) is 9.72 Å². The molecular formula is C16H29N3OS. The molecule has 0 amide bonds. The van der Waals surface area contributed by atoms with Gasteiger partial charge >= 0.3 is 0 Å². The third-order valence-corrected chi connectivity index (χ3v) is 5.14. The van der Waals surface area contributed by atoms with E-state index in [1.807, 2.05) is 11.3 Å². The predicted molar refractivity (Wildman–Crippen MR) is 90.3 cm³/mol. The maximum atomic E-state index is 5.33. The monoisotopic (exact) mass is 311 g/mol. The van der Waals surface area contributed by atoms with Gasteiger partial charge in [0.05, 0.1) is 12.3 Å². The first-order valence-corrected chi connectivity index (χ1v) is 9.03. The lowest BCUT2D eigenvalue weighted by molar-refractivity contribution is 0.143. The number of nitrogens with one attached hydrogen (secondary N) is 1. The summed E-state index contributed by atoms with van der Waals surface area (Å²) in [6.07, 6.45) is 4.78. The summed E-state index contributed by atoms with van der Waals surface area (Å²) >= 11 is 1.88. The van der Waals surface area contributed by atoms with E-state index in [0.29, 0.717) is 5.92 Å². The summed E-state index contributed by atoms with van der Waals surface area (Å²) in [6, 6.07) is 0. The van der Waals surface area contributed by atoms with Crippen LogP contribution in [0.2, 0.25) is 0 Å². The summed E-state index contributed by atoms with van der Waals surface area (Å²) in [5.74, 6) is 0.652. The van der Waals surface area contributed by atoms with Gasteiger partial charge in [0.2, 0.25) is 0 Å². The molecule has 120 valence electrons. The Bertz CT molecular complexity index is 420. The van der Waals surface area contributed by atoms with Gasteiger partial charge in [0, 0.05) is 31.6 Å². The van der Waals surface area contributed by atoms with Gasteiger partial charge in [-0.3, -0.25) is 0 Å². The maximum absolute atomic E-state index is 5.33. The van der Waals surface area contributed by atoms with E-state index in [1.165, 1.54) is 28.5 Å². The smallest absolute Gasteiger partial charge is 0.185 e. The van der Waals surface area contributed by atoms with Crippen LogP contribution in [0.4, 0.5) is 5.13 Å². The Kier molecular flexibility index (Phi) is 6.93. The zero-order chi connectivity index (χ0) is 15.1. The molecule has 0 aliphatic carbocycles. The largest absolute Gasteiger partial charge is 0.384 e. The molecule has 2 heterocycles. The van der Waals surface area contributed by atoms with Crippen molar-refractivity contribution in [3.05, 3.63) is 10.6 Å². The summed E-state index contributed by atoms with van der Waals surface area (Å²) < 4.78 is 5.33. The Hall–Kier alpha value is -0.650. The Balaban J connectivity index is 2.07. The number of hydrogen-bond donors (Lipinski definition) is 1. The molecule has 0 aromatic carbocycles. The van der Waals surface area contributed by atoms with Gasteiger partial charge in [0.1, 0.15) is 0 Å². The van der Waals surface area contributed by atoms with E-state index in [2.05, 4.69) is 24.1 Å². The SMILES string of the molecule is CCCc1nc(N2CCCC(COC)C2)sc1CNCC. The number of aryl methyl sites for hydroxylation is 1. The van der Waals surface area contributed by atoms with Crippen molar-refractivity contribution in [2.45, 2.75) is 46.1 Å². The third-order valence-electron chi connectivity index (χ3n) is 3.98. The van der Waals surface area contributed by atoms with E-state index >= 15 is 0 Å². The molecule has 0 saturated carbocycles. The molecule has 1 aliphatic rings. The number of methoxy groups -OCH3 is 1. The number of nitrogens with zero attached hydrogens (tertiary/aromatic N) is 2. The second-order valence-electron chi connectivity index (χ2n) is 5.81. The first-order valence-electron chi connectivity index (χ1n) is 8.21. The van der Waals surface area contributed by atoms with Crippen LogP contribution in [-0.4, -0.2) is 38.3 Å². The molecule has 1 fully saturated rings. The van der Waals surface area contributed by atoms with E-state index in [0.717, 1.165) is 45.6 Å². The van der Waals surface area contributed by atoms with Gasteiger partial charge in [-0.25, -0.2) is 4.98 Å². The lowest BCUT2D eigenvalue weighted by Gasteiger charge is -2.32. The van der Waals surface area contributed by atoms with Crippen LogP contribution >= 0.6 is 11.3 Å². The van der Waals surface area contributed by atoms with Crippen LogP contribution in [-0.2, 0) is 17.7 Å². The van der Waals surface area contributed by atoms with Crippen molar-refractivity contribution in [2.75, 3.05) is 38.3 Å². The fraction of sp³-hybridized carbons (Fsp3) is 0.812. The summed E-state index contributed by atoms with van der Waals surface area (Å²) in [5.41, 5.74) is 1.30. The molecule has 1 aromatic rings. The molecule has 1 saturated heterocycles. The zero-order valence-corrected chi connectivity index (χ0v) is 14.5. The molecular weight excluding hydrogens is 282 g/mol. The van der Waals surface area contributed by atoms with E-state index < -0.39 is 0 Å². The molecule has 0 bridgehead atoms. The normalized spacial score (nSPS) is 19.2. The van der Waals surface area contributed by atoms with Gasteiger partial charge in [-0.2, -0.15) is 0 Å². The molecule has 1 aliphatic heterocycles. The summed E-state index contributed by atoms with van der Waals surface area (Å²) in [6.45, 7) is 9.45. The average molecular weight is 311 g/mol. The average Bonchev–Trinajstić information content (AvgIpc) is 2.89. The topological polar surface area (TPSA) is 37.4 Å². The van der Waals surface area contributed by atoms with Crippen molar-refractivity contribution >= 4 is 16.5 Å². The first kappa shape index (κ1) is 16.7. The molecule has 5 heteroatoms. The molecule has 1 N–H and O–H groups in total. The summed E-state index contributed by atoms with van der Waals surface area (Å²) in [5, 5.41) is 4.66. The van der Waals surface area contributed by atoms with Crippen LogP contribution < -0.4 is 10.2 Å². The standard InChI is InChI=1S/C16H29N3OS/c1-4-7-14-15(10-17-5-2)21-16(18-14)19-9-6-8-13(11-19)12-20-3/h13,17H,4-12H2,1-3H3. The fourth-order valence-corrected chi connectivity index (χ4v) is 4.04. The third kappa shape index (κ3) is 4.66. The highest BCUT2D eigenvalue weighted by atomic mass is 32.1. The minimum atomic E-state index is 0.652. The number of hydrogen-bond acceptors (Lipinski definition) is 5. The second kappa shape index (κ2) is 8.71. The molecule has 0 radical (unpaired) electrons. The molecule has 0 spiro atoms. The van der Waals surface area contributed by atoms with E-state index in [1.54, 1.807) is 7.11 Å². The van der Waals surface area contributed by atoms with Gasteiger partial charge < -0.3 is 15.0 Å². The Morgan fingerprint density at radius 1 is 1.43 bits per heavy atom. The van der Waals surface area contributed by atoms with Crippen molar-refractivity contribution in [1.82, 2.24) is 10.3 Å². The maximum Gasteiger partial charge on any atom is 0.185 e. The van der Waals surface area contributed by atoms with Crippen molar-refractivity contribution in [3.8, 4) is 0 Å². The number of aromatic nitrogens is 1. The summed E-state index contributed by atoms with van der Waals surface area (Å²) in [4.78, 5) is 8.82. The quantitative estimate of drug-likeness (QED) is 0.800. The number of anilines is 1. The number of piperidine rings is 1. The van der Waals surface area contributed by atoms with Crippen LogP contribution in [0.5, 0.6) is 0 Å². The molecule has 1 unspecified atom stereocenters.